The summed E-state index contributed by atoms with van der Waals surface area (Å²) in [5, 5.41) is 1.30. The first-order valence-electron chi connectivity index (χ1n) is 10.7. The Morgan fingerprint density at radius 3 is 2.56 bits per heavy atom. The number of aryl methyl sites for hydroxylation is 1. The van der Waals surface area contributed by atoms with Gasteiger partial charge in [0.2, 0.25) is 0 Å². The summed E-state index contributed by atoms with van der Waals surface area (Å²) >= 11 is 1.54. The van der Waals surface area contributed by atoms with Gasteiger partial charge in [0.15, 0.2) is 5.16 Å². The van der Waals surface area contributed by atoms with E-state index in [2.05, 4.69) is 32.9 Å². The Morgan fingerprint density at radius 2 is 1.75 bits per heavy atom. The molecule has 5 aromatic rings. The molecule has 0 radical (unpaired) electrons. The van der Waals surface area contributed by atoms with E-state index in [0.29, 0.717) is 21.8 Å². The summed E-state index contributed by atoms with van der Waals surface area (Å²) < 4.78 is 3.81. The third-order valence-corrected chi connectivity index (χ3v) is 6.59. The highest BCUT2D eigenvalue weighted by Gasteiger charge is 2.17. The predicted octanol–water partition coefficient (Wildman–Crippen LogP) is 5.76. The number of hydrogen-bond acceptors (Lipinski definition) is 4. The quantitative estimate of drug-likeness (QED) is 0.258. The molecule has 5 rings (SSSR count). The first-order chi connectivity index (χ1) is 15.5. The Morgan fingerprint density at radius 1 is 0.969 bits per heavy atom. The summed E-state index contributed by atoms with van der Waals surface area (Å²) in [5.74, 6) is 0.902. The summed E-state index contributed by atoms with van der Waals surface area (Å²) in [6.45, 7) is 6.35. The molecule has 0 saturated heterocycles. The summed E-state index contributed by atoms with van der Waals surface area (Å²) in [5.41, 5.74) is 5.72. The van der Waals surface area contributed by atoms with Crippen molar-refractivity contribution in [1.82, 2.24) is 18.9 Å². The van der Waals surface area contributed by atoms with Crippen molar-refractivity contribution in [3.8, 4) is 5.69 Å². The van der Waals surface area contributed by atoms with Gasteiger partial charge in [0.05, 0.1) is 22.3 Å². The fourth-order valence-corrected chi connectivity index (χ4v) is 4.90. The van der Waals surface area contributed by atoms with Crippen LogP contribution in [-0.2, 0) is 5.75 Å². The summed E-state index contributed by atoms with van der Waals surface area (Å²) in [6, 6.07) is 19.7. The van der Waals surface area contributed by atoms with Crippen LogP contribution in [0.1, 0.15) is 36.6 Å². The van der Waals surface area contributed by atoms with Gasteiger partial charge in [-0.2, -0.15) is 0 Å². The van der Waals surface area contributed by atoms with Gasteiger partial charge in [-0.05, 0) is 48.2 Å². The van der Waals surface area contributed by atoms with Crippen LogP contribution in [-0.4, -0.2) is 18.9 Å². The van der Waals surface area contributed by atoms with Gasteiger partial charge < -0.3 is 4.40 Å². The lowest BCUT2D eigenvalue weighted by Crippen LogP contribution is -2.23. The monoisotopic (exact) mass is 440 g/mol. The highest BCUT2D eigenvalue weighted by atomic mass is 32.2. The molecule has 5 nitrogen and oxygen atoms in total. The third kappa shape index (κ3) is 3.60. The zero-order valence-electron chi connectivity index (χ0n) is 18.3. The smallest absolute Gasteiger partial charge is 0.266 e. The van der Waals surface area contributed by atoms with E-state index in [1.807, 2.05) is 65.3 Å². The predicted molar refractivity (Wildman–Crippen MR) is 131 cm³/mol. The Kier molecular flexibility index (Phi) is 5.31. The molecule has 0 fully saturated rings. The van der Waals surface area contributed by atoms with Gasteiger partial charge in [-0.15, -0.1) is 0 Å². The molecule has 0 unspecified atom stereocenters. The van der Waals surface area contributed by atoms with Crippen molar-refractivity contribution in [2.45, 2.75) is 37.6 Å². The van der Waals surface area contributed by atoms with Crippen LogP contribution >= 0.6 is 11.8 Å². The number of imidazole rings is 1. The number of nitrogens with zero attached hydrogens (tertiary/aromatic N) is 4. The first-order valence-corrected chi connectivity index (χ1v) is 11.7. The number of benzene rings is 2. The topological polar surface area (TPSA) is 52.2 Å². The maximum absolute atomic E-state index is 13.6. The minimum absolute atomic E-state index is 0.0444. The lowest BCUT2D eigenvalue weighted by Gasteiger charge is -2.18. The Bertz CT molecular complexity index is 1500. The van der Waals surface area contributed by atoms with Gasteiger partial charge in [0.25, 0.3) is 5.56 Å². The van der Waals surface area contributed by atoms with Crippen molar-refractivity contribution in [3.63, 3.8) is 0 Å². The maximum Gasteiger partial charge on any atom is 0.266 e. The molecule has 0 atom stereocenters. The Labute approximate surface area is 190 Å². The Balaban J connectivity index is 1.64. The molecular weight excluding hydrogens is 416 g/mol. The number of thioether (sulfide) groups is 1. The summed E-state index contributed by atoms with van der Waals surface area (Å²) in [7, 11) is 0. The number of aromatic nitrogens is 4. The average Bonchev–Trinajstić information content (AvgIpc) is 3.22. The minimum Gasteiger partial charge on any atom is -0.307 e. The lowest BCUT2D eigenvalue weighted by molar-refractivity contribution is 0.780. The third-order valence-electron chi connectivity index (χ3n) is 5.62. The van der Waals surface area contributed by atoms with Crippen LogP contribution in [0.2, 0.25) is 0 Å². The fourth-order valence-electron chi connectivity index (χ4n) is 4.01. The van der Waals surface area contributed by atoms with E-state index >= 15 is 0 Å². The maximum atomic E-state index is 13.6. The number of para-hydroxylation sites is 2. The van der Waals surface area contributed by atoms with E-state index in [1.54, 1.807) is 16.3 Å². The van der Waals surface area contributed by atoms with Crippen LogP contribution in [0.25, 0.3) is 22.2 Å². The highest BCUT2D eigenvalue weighted by molar-refractivity contribution is 7.98. The van der Waals surface area contributed by atoms with E-state index in [-0.39, 0.29) is 11.5 Å². The van der Waals surface area contributed by atoms with Crippen molar-refractivity contribution in [2.24, 2.45) is 0 Å². The van der Waals surface area contributed by atoms with E-state index < -0.39 is 0 Å². The zero-order chi connectivity index (χ0) is 22.2. The molecule has 0 N–H and O–H groups in total. The minimum atomic E-state index is -0.0444. The van der Waals surface area contributed by atoms with Crippen LogP contribution in [0.3, 0.4) is 0 Å². The zero-order valence-corrected chi connectivity index (χ0v) is 19.1. The molecule has 0 aliphatic carbocycles. The number of pyridine rings is 1. The van der Waals surface area contributed by atoms with Gasteiger partial charge in [-0.25, -0.2) is 9.97 Å². The van der Waals surface area contributed by atoms with Crippen molar-refractivity contribution >= 4 is 28.3 Å². The fraction of sp³-hybridized carbons (Fsp3) is 0.192. The molecule has 3 aromatic heterocycles. The van der Waals surface area contributed by atoms with Gasteiger partial charge in [0.1, 0.15) is 5.65 Å². The molecule has 2 aromatic carbocycles. The van der Waals surface area contributed by atoms with Crippen LogP contribution < -0.4 is 5.56 Å². The molecule has 6 heteroatoms. The standard InChI is InChI=1S/C26H24N4OS/c1-17(2)20-10-5-7-13-23(20)30-25(31)21-11-4-6-12-22(21)28-26(30)32-16-19-15-29-14-8-9-18(3)24(29)27-19/h4-15,17H,16H2,1-3H3. The summed E-state index contributed by atoms with van der Waals surface area (Å²) in [6.07, 6.45) is 4.05. The van der Waals surface area contributed by atoms with E-state index in [9.17, 15) is 4.79 Å². The van der Waals surface area contributed by atoms with Crippen LogP contribution in [0, 0.1) is 6.92 Å². The number of fused-ring (bicyclic) bond motifs is 2. The molecular formula is C26H24N4OS. The van der Waals surface area contributed by atoms with Crippen molar-refractivity contribution in [3.05, 3.63) is 100 Å². The van der Waals surface area contributed by atoms with Crippen LogP contribution in [0.4, 0.5) is 0 Å². The molecule has 0 spiro atoms. The second-order valence-electron chi connectivity index (χ2n) is 8.21. The number of rotatable bonds is 5. The highest BCUT2D eigenvalue weighted by Crippen LogP contribution is 2.28. The van der Waals surface area contributed by atoms with E-state index in [4.69, 9.17) is 9.97 Å². The molecule has 0 bridgehead atoms. The van der Waals surface area contributed by atoms with Gasteiger partial charge in [-0.1, -0.05) is 62.0 Å². The van der Waals surface area contributed by atoms with E-state index in [1.165, 1.54) is 0 Å². The van der Waals surface area contributed by atoms with Crippen LogP contribution in [0.5, 0.6) is 0 Å². The molecule has 3 heterocycles. The molecule has 0 saturated carbocycles. The second kappa shape index (κ2) is 8.28. The largest absolute Gasteiger partial charge is 0.307 e. The van der Waals surface area contributed by atoms with Crippen LogP contribution in [0.15, 0.2) is 83.0 Å². The normalized spacial score (nSPS) is 11.6. The van der Waals surface area contributed by atoms with Gasteiger partial charge in [-0.3, -0.25) is 9.36 Å². The Hall–Kier alpha value is -3.38. The van der Waals surface area contributed by atoms with Crippen molar-refractivity contribution in [2.75, 3.05) is 0 Å². The molecule has 0 aliphatic rings. The summed E-state index contributed by atoms with van der Waals surface area (Å²) in [4.78, 5) is 23.3. The molecule has 0 aliphatic heterocycles. The first kappa shape index (κ1) is 20.5. The molecule has 0 amide bonds. The van der Waals surface area contributed by atoms with E-state index in [0.717, 1.165) is 28.2 Å². The molecule has 32 heavy (non-hydrogen) atoms. The number of hydrogen-bond donors (Lipinski definition) is 0. The lowest BCUT2D eigenvalue weighted by atomic mass is 10.0. The average molecular weight is 441 g/mol. The molecule has 160 valence electrons. The van der Waals surface area contributed by atoms with Crippen molar-refractivity contribution < 1.29 is 0 Å². The van der Waals surface area contributed by atoms with Crippen molar-refractivity contribution in [1.29, 1.82) is 0 Å². The van der Waals surface area contributed by atoms with Gasteiger partial charge in [0, 0.05) is 18.1 Å². The SMILES string of the molecule is Cc1cccn2cc(CSc3nc4ccccc4c(=O)n3-c3ccccc3C(C)C)nc12. The van der Waals surface area contributed by atoms with Gasteiger partial charge >= 0.3 is 0 Å². The second-order valence-corrected chi connectivity index (χ2v) is 9.15.